The van der Waals surface area contributed by atoms with E-state index < -0.39 is 31.3 Å². The molecule has 7 heteroatoms. The van der Waals surface area contributed by atoms with Gasteiger partial charge in [0.2, 0.25) is 0 Å². The van der Waals surface area contributed by atoms with Crippen LogP contribution in [-0.2, 0) is 29.1 Å². The largest absolute Gasteiger partial charge is 0.497 e. The fourth-order valence-corrected chi connectivity index (χ4v) is 6.57. The zero-order valence-electron chi connectivity index (χ0n) is 22.1. The number of esters is 2. The SMILES string of the molecule is COC(=O)C1(C(=O)OC)C[C@@H](c2ccc(OC)cc2)C[C@@]1(O[Si](C)(C)C(C)(C)C)c1ccccc1. The summed E-state index contributed by atoms with van der Waals surface area (Å²) in [5.41, 5.74) is -1.16. The number of benzene rings is 2. The van der Waals surface area contributed by atoms with Gasteiger partial charge in [-0.15, -0.1) is 0 Å². The number of ether oxygens (including phenoxy) is 3. The zero-order chi connectivity index (χ0) is 26.1. The van der Waals surface area contributed by atoms with Crippen LogP contribution in [0.5, 0.6) is 5.75 Å². The van der Waals surface area contributed by atoms with E-state index in [1.807, 2.05) is 54.6 Å². The third kappa shape index (κ3) is 4.52. The van der Waals surface area contributed by atoms with Crippen LogP contribution < -0.4 is 4.74 Å². The normalized spacial score (nSPS) is 21.9. The molecule has 0 spiro atoms. The van der Waals surface area contributed by atoms with E-state index in [0.717, 1.165) is 16.9 Å². The number of methoxy groups -OCH3 is 3. The van der Waals surface area contributed by atoms with E-state index in [9.17, 15) is 9.59 Å². The molecule has 1 aliphatic carbocycles. The van der Waals surface area contributed by atoms with Crippen molar-refractivity contribution < 1.29 is 28.2 Å². The average Bonchev–Trinajstić information content (AvgIpc) is 3.19. The summed E-state index contributed by atoms with van der Waals surface area (Å²) in [6.07, 6.45) is 0.641. The van der Waals surface area contributed by atoms with Gasteiger partial charge in [-0.3, -0.25) is 9.59 Å². The van der Waals surface area contributed by atoms with E-state index in [1.165, 1.54) is 14.2 Å². The third-order valence-electron chi connectivity index (χ3n) is 7.91. The molecular formula is C28H38O6Si. The molecule has 0 radical (unpaired) electrons. The van der Waals surface area contributed by atoms with E-state index in [0.29, 0.717) is 6.42 Å². The van der Waals surface area contributed by atoms with Crippen molar-refractivity contribution in [3.8, 4) is 5.75 Å². The number of hydrogen-bond acceptors (Lipinski definition) is 6. The van der Waals surface area contributed by atoms with Gasteiger partial charge in [-0.05, 0) is 60.2 Å². The van der Waals surface area contributed by atoms with Crippen LogP contribution in [0.15, 0.2) is 54.6 Å². The standard InChI is InChI=1S/C28H38O6Si/c1-26(2,3)35(7,8)34-28(22-12-10-9-11-13-22)19-21(20-14-16-23(31-4)17-15-20)18-27(28,24(29)32-5)25(30)33-6/h9-17,21H,18-19H2,1-8H3/t21-,28-/m1/s1. The summed E-state index contributed by atoms with van der Waals surface area (Å²) >= 11 is 0. The van der Waals surface area contributed by atoms with Crippen LogP contribution in [0.1, 0.15) is 50.7 Å². The molecule has 0 bridgehead atoms. The van der Waals surface area contributed by atoms with E-state index in [-0.39, 0.29) is 17.4 Å². The van der Waals surface area contributed by atoms with Crippen LogP contribution in [0.25, 0.3) is 0 Å². The first-order valence-electron chi connectivity index (χ1n) is 11.9. The minimum absolute atomic E-state index is 0.149. The van der Waals surface area contributed by atoms with Gasteiger partial charge in [0.05, 0.1) is 21.3 Å². The van der Waals surface area contributed by atoms with Gasteiger partial charge in [-0.25, -0.2) is 0 Å². The highest BCUT2D eigenvalue weighted by molar-refractivity contribution is 6.74. The number of rotatable bonds is 7. The molecule has 1 saturated carbocycles. The Morgan fingerprint density at radius 1 is 0.857 bits per heavy atom. The molecule has 35 heavy (non-hydrogen) atoms. The first-order chi connectivity index (χ1) is 16.4. The van der Waals surface area contributed by atoms with E-state index in [4.69, 9.17) is 18.6 Å². The first kappa shape index (κ1) is 27.0. The van der Waals surface area contributed by atoms with Gasteiger partial charge < -0.3 is 18.6 Å². The number of hydrogen-bond donors (Lipinski definition) is 0. The van der Waals surface area contributed by atoms with Crippen molar-refractivity contribution in [1.82, 2.24) is 0 Å². The lowest BCUT2D eigenvalue weighted by Gasteiger charge is -2.49. The fraction of sp³-hybridized carbons (Fsp3) is 0.500. The predicted molar refractivity (Wildman–Crippen MR) is 138 cm³/mol. The molecule has 0 aliphatic heterocycles. The highest BCUT2D eigenvalue weighted by Crippen LogP contribution is 2.63. The molecule has 0 saturated heterocycles. The molecule has 0 amide bonds. The van der Waals surface area contributed by atoms with E-state index in [1.54, 1.807) is 7.11 Å². The highest BCUT2D eigenvalue weighted by atomic mass is 28.4. The van der Waals surface area contributed by atoms with Crippen molar-refractivity contribution in [3.63, 3.8) is 0 Å². The Balaban J connectivity index is 2.33. The molecule has 190 valence electrons. The summed E-state index contributed by atoms with van der Waals surface area (Å²) in [5, 5.41) is -0.162. The smallest absolute Gasteiger partial charge is 0.326 e. The quantitative estimate of drug-likeness (QED) is 0.272. The average molecular weight is 499 g/mol. The predicted octanol–water partition coefficient (Wildman–Crippen LogP) is 5.82. The van der Waals surface area contributed by atoms with Crippen molar-refractivity contribution in [2.45, 2.75) is 63.3 Å². The Bertz CT molecular complexity index is 1030. The lowest BCUT2D eigenvalue weighted by atomic mass is 9.70. The Hall–Kier alpha value is -2.64. The Labute approximate surface area is 210 Å². The minimum atomic E-state index is -2.51. The summed E-state index contributed by atoms with van der Waals surface area (Å²) in [5.74, 6) is -0.680. The van der Waals surface area contributed by atoms with Gasteiger partial charge in [0, 0.05) is 0 Å². The molecule has 1 fully saturated rings. The minimum Gasteiger partial charge on any atom is -0.497 e. The van der Waals surface area contributed by atoms with Gasteiger partial charge in [-0.1, -0.05) is 63.2 Å². The molecule has 1 aliphatic rings. The summed E-state index contributed by atoms with van der Waals surface area (Å²) < 4.78 is 23.2. The summed E-state index contributed by atoms with van der Waals surface area (Å²) in [4.78, 5) is 27.5. The summed E-state index contributed by atoms with van der Waals surface area (Å²) in [6.45, 7) is 10.7. The molecule has 0 unspecified atom stereocenters. The molecule has 2 aromatic carbocycles. The van der Waals surface area contributed by atoms with Crippen LogP contribution >= 0.6 is 0 Å². The van der Waals surface area contributed by atoms with Crippen LogP contribution in [0.3, 0.4) is 0 Å². The van der Waals surface area contributed by atoms with Crippen molar-refractivity contribution in [2.24, 2.45) is 5.41 Å². The molecule has 0 aromatic heterocycles. The first-order valence-corrected chi connectivity index (χ1v) is 14.9. The van der Waals surface area contributed by atoms with Crippen molar-refractivity contribution >= 4 is 20.3 Å². The maximum absolute atomic E-state index is 13.7. The Kier molecular flexibility index (Phi) is 7.53. The topological polar surface area (TPSA) is 71.1 Å². The van der Waals surface area contributed by atoms with Gasteiger partial charge in [-0.2, -0.15) is 0 Å². The van der Waals surface area contributed by atoms with Gasteiger partial charge >= 0.3 is 11.9 Å². The summed E-state index contributed by atoms with van der Waals surface area (Å²) in [7, 11) is 1.74. The number of carbonyl (C=O) groups is 2. The summed E-state index contributed by atoms with van der Waals surface area (Å²) in [6, 6.07) is 17.4. The lowest BCUT2D eigenvalue weighted by Crippen LogP contribution is -2.60. The molecular weight excluding hydrogens is 460 g/mol. The van der Waals surface area contributed by atoms with Crippen molar-refractivity contribution in [2.75, 3.05) is 21.3 Å². The molecule has 0 N–H and O–H groups in total. The second kappa shape index (κ2) is 9.78. The van der Waals surface area contributed by atoms with E-state index >= 15 is 0 Å². The van der Waals surface area contributed by atoms with Crippen molar-refractivity contribution in [3.05, 3.63) is 65.7 Å². The monoisotopic (exact) mass is 498 g/mol. The maximum atomic E-state index is 13.7. The van der Waals surface area contributed by atoms with Gasteiger partial charge in [0.25, 0.3) is 0 Å². The zero-order valence-corrected chi connectivity index (χ0v) is 23.1. The maximum Gasteiger partial charge on any atom is 0.326 e. The van der Waals surface area contributed by atoms with Gasteiger partial charge in [0.15, 0.2) is 13.7 Å². The van der Waals surface area contributed by atoms with Crippen molar-refractivity contribution in [1.29, 1.82) is 0 Å². The molecule has 3 rings (SSSR count). The highest BCUT2D eigenvalue weighted by Gasteiger charge is 2.71. The van der Waals surface area contributed by atoms with Gasteiger partial charge in [0.1, 0.15) is 11.4 Å². The molecule has 2 atom stereocenters. The Morgan fingerprint density at radius 3 is 1.86 bits per heavy atom. The second-order valence-electron chi connectivity index (χ2n) is 10.8. The number of carbonyl (C=O) groups excluding carboxylic acids is 2. The lowest BCUT2D eigenvalue weighted by molar-refractivity contribution is -0.186. The second-order valence-corrected chi connectivity index (χ2v) is 15.5. The van der Waals surface area contributed by atoms with Crippen LogP contribution in [0.2, 0.25) is 18.1 Å². The molecule has 2 aromatic rings. The molecule has 0 heterocycles. The Morgan fingerprint density at radius 2 is 1.40 bits per heavy atom. The fourth-order valence-electron chi connectivity index (χ4n) is 5.02. The third-order valence-corrected chi connectivity index (χ3v) is 12.4. The van der Waals surface area contributed by atoms with Crippen LogP contribution in [-0.4, -0.2) is 41.6 Å². The van der Waals surface area contributed by atoms with E-state index in [2.05, 4.69) is 33.9 Å². The van der Waals surface area contributed by atoms with Crippen LogP contribution in [0.4, 0.5) is 0 Å². The molecule has 6 nitrogen and oxygen atoms in total. The van der Waals surface area contributed by atoms with Crippen LogP contribution in [0, 0.1) is 5.41 Å².